The Balaban J connectivity index is 1.66. The number of hydrogen-bond acceptors (Lipinski definition) is 5. The Morgan fingerprint density at radius 2 is 2.00 bits per heavy atom. The van der Waals surface area contributed by atoms with Crippen molar-refractivity contribution < 1.29 is 14.1 Å². The van der Waals surface area contributed by atoms with Gasteiger partial charge in [-0.15, -0.1) is 0 Å². The Morgan fingerprint density at radius 3 is 2.69 bits per heavy atom. The summed E-state index contributed by atoms with van der Waals surface area (Å²) in [6, 6.07) is 9.40. The lowest BCUT2D eigenvalue weighted by atomic mass is 9.70. The van der Waals surface area contributed by atoms with Crippen LogP contribution in [0.5, 0.6) is 0 Å². The summed E-state index contributed by atoms with van der Waals surface area (Å²) < 4.78 is 4.98. The van der Waals surface area contributed by atoms with Crippen molar-refractivity contribution in [1.82, 2.24) is 15.0 Å². The number of aryl methyl sites for hydroxylation is 2. The van der Waals surface area contributed by atoms with E-state index in [-0.39, 0.29) is 23.8 Å². The smallest absolute Gasteiger partial charge is 0.255 e. The minimum atomic E-state index is -0.325. The summed E-state index contributed by atoms with van der Waals surface area (Å²) in [6.07, 6.45) is 2.74. The normalized spacial score (nSPS) is 16.0. The quantitative estimate of drug-likeness (QED) is 0.658. The van der Waals surface area contributed by atoms with Gasteiger partial charge in [0.2, 0.25) is 5.91 Å². The van der Waals surface area contributed by atoms with Crippen molar-refractivity contribution in [2.24, 2.45) is 11.3 Å². The summed E-state index contributed by atoms with van der Waals surface area (Å²) >= 11 is 0. The Bertz CT molecular complexity index is 1180. The summed E-state index contributed by atoms with van der Waals surface area (Å²) in [5.74, 6) is 0.921. The molecule has 1 aliphatic carbocycles. The Morgan fingerprint density at radius 1 is 1.25 bits per heavy atom. The number of anilines is 1. The molecule has 0 saturated carbocycles. The summed E-state index contributed by atoms with van der Waals surface area (Å²) in [4.78, 5) is 32.5. The zero-order valence-corrected chi connectivity index (χ0v) is 19.4. The van der Waals surface area contributed by atoms with Crippen molar-refractivity contribution in [3.8, 4) is 0 Å². The highest BCUT2D eigenvalue weighted by Gasteiger charge is 2.33. The molecule has 1 atom stereocenters. The highest BCUT2D eigenvalue weighted by molar-refractivity contribution is 6.09. The molecule has 2 aromatic heterocycles. The van der Waals surface area contributed by atoms with Gasteiger partial charge >= 0.3 is 0 Å². The number of carbonyl (C=O) groups is 2. The van der Waals surface area contributed by atoms with E-state index >= 15 is 0 Å². The standard InChI is InChI=1S/C25H30N4O3/c1-15-12-21(28-32-15)27-22(30)14-29(5)24(31)23-17-8-6-7-9-19(17)26-20-11-10-16(13-18(20)23)25(2,3)4/h6-9,12,16H,10-11,13-14H2,1-5H3,(H,27,28,30). The van der Waals surface area contributed by atoms with Crippen molar-refractivity contribution in [2.45, 2.75) is 47.0 Å². The van der Waals surface area contributed by atoms with Gasteiger partial charge in [-0.25, -0.2) is 0 Å². The molecule has 4 rings (SSSR count). The average Bonchev–Trinajstić information content (AvgIpc) is 3.14. The van der Waals surface area contributed by atoms with E-state index in [1.165, 1.54) is 4.90 Å². The number of amides is 2. The third-order valence-corrected chi connectivity index (χ3v) is 6.32. The minimum absolute atomic E-state index is 0.0845. The highest BCUT2D eigenvalue weighted by atomic mass is 16.5. The zero-order valence-electron chi connectivity index (χ0n) is 19.4. The summed E-state index contributed by atoms with van der Waals surface area (Å²) in [7, 11) is 1.65. The molecule has 1 aliphatic rings. The predicted octanol–water partition coefficient (Wildman–Crippen LogP) is 4.39. The van der Waals surface area contributed by atoms with Gasteiger partial charge in [-0.2, -0.15) is 0 Å². The van der Waals surface area contributed by atoms with Crippen LogP contribution in [0, 0.1) is 18.3 Å². The summed E-state index contributed by atoms with van der Waals surface area (Å²) in [5, 5.41) is 7.29. The van der Waals surface area contributed by atoms with E-state index in [2.05, 4.69) is 31.2 Å². The summed E-state index contributed by atoms with van der Waals surface area (Å²) in [6.45, 7) is 8.42. The first-order valence-corrected chi connectivity index (χ1v) is 11.0. The molecule has 7 heteroatoms. The Kier molecular flexibility index (Phi) is 5.75. The molecule has 0 radical (unpaired) electrons. The van der Waals surface area contributed by atoms with E-state index in [9.17, 15) is 9.59 Å². The fourth-order valence-electron chi connectivity index (χ4n) is 4.46. The van der Waals surface area contributed by atoms with E-state index in [0.717, 1.165) is 41.4 Å². The number of likely N-dealkylation sites (N-methyl/N-ethyl adjacent to an activating group) is 1. The lowest BCUT2D eigenvalue weighted by molar-refractivity contribution is -0.116. The number of nitrogens with one attached hydrogen (secondary N) is 1. The van der Waals surface area contributed by atoms with Crippen molar-refractivity contribution in [3.63, 3.8) is 0 Å². The van der Waals surface area contributed by atoms with Gasteiger partial charge in [0.1, 0.15) is 5.76 Å². The maximum atomic E-state index is 13.7. The number of fused-ring (bicyclic) bond motifs is 2. The molecule has 168 valence electrons. The van der Waals surface area contributed by atoms with Crippen LogP contribution in [0.3, 0.4) is 0 Å². The van der Waals surface area contributed by atoms with Crippen LogP contribution in [0.25, 0.3) is 10.9 Å². The molecular weight excluding hydrogens is 404 g/mol. The van der Waals surface area contributed by atoms with Gasteiger partial charge in [-0.3, -0.25) is 14.6 Å². The second kappa shape index (κ2) is 8.37. The first-order chi connectivity index (χ1) is 15.1. The van der Waals surface area contributed by atoms with Crippen LogP contribution < -0.4 is 5.32 Å². The lowest BCUT2D eigenvalue weighted by Crippen LogP contribution is -2.37. The topological polar surface area (TPSA) is 88.3 Å². The third kappa shape index (κ3) is 4.38. The van der Waals surface area contributed by atoms with E-state index < -0.39 is 0 Å². The number of hydrogen-bond donors (Lipinski definition) is 1. The van der Waals surface area contributed by atoms with Gasteiger partial charge in [-0.05, 0) is 49.1 Å². The van der Waals surface area contributed by atoms with E-state index in [1.807, 2.05) is 24.3 Å². The largest absolute Gasteiger partial charge is 0.360 e. The molecule has 0 bridgehead atoms. The minimum Gasteiger partial charge on any atom is -0.360 e. The number of rotatable bonds is 4. The van der Waals surface area contributed by atoms with Crippen LogP contribution in [0.15, 0.2) is 34.9 Å². The fraction of sp³-hybridized carbons (Fsp3) is 0.440. The van der Waals surface area contributed by atoms with Crippen LogP contribution in [-0.4, -0.2) is 40.4 Å². The van der Waals surface area contributed by atoms with Crippen LogP contribution in [0.2, 0.25) is 0 Å². The maximum absolute atomic E-state index is 13.7. The molecule has 0 saturated heterocycles. The van der Waals surface area contributed by atoms with Crippen molar-refractivity contribution in [1.29, 1.82) is 0 Å². The Labute approximate surface area is 188 Å². The average molecular weight is 435 g/mol. The summed E-state index contributed by atoms with van der Waals surface area (Å²) in [5.41, 5.74) is 3.67. The van der Waals surface area contributed by atoms with Crippen LogP contribution >= 0.6 is 0 Å². The highest BCUT2D eigenvalue weighted by Crippen LogP contribution is 2.39. The third-order valence-electron chi connectivity index (χ3n) is 6.32. The first-order valence-electron chi connectivity index (χ1n) is 11.0. The number of nitrogens with zero attached hydrogens (tertiary/aromatic N) is 3. The van der Waals surface area contributed by atoms with Crippen molar-refractivity contribution in [2.75, 3.05) is 18.9 Å². The van der Waals surface area contributed by atoms with E-state index in [1.54, 1.807) is 20.0 Å². The van der Waals surface area contributed by atoms with Gasteiger partial charge < -0.3 is 14.7 Å². The molecule has 1 unspecified atom stereocenters. The maximum Gasteiger partial charge on any atom is 0.255 e. The second-order valence-corrected chi connectivity index (χ2v) is 9.77. The number of benzene rings is 1. The fourth-order valence-corrected chi connectivity index (χ4v) is 4.46. The van der Waals surface area contributed by atoms with E-state index in [4.69, 9.17) is 9.51 Å². The number of pyridine rings is 1. The van der Waals surface area contributed by atoms with Gasteiger partial charge in [0.25, 0.3) is 5.91 Å². The van der Waals surface area contributed by atoms with Crippen LogP contribution in [-0.2, 0) is 17.6 Å². The molecule has 0 aliphatic heterocycles. The molecular formula is C25H30N4O3. The molecule has 32 heavy (non-hydrogen) atoms. The number of carbonyl (C=O) groups excluding carboxylic acids is 2. The number of aromatic nitrogens is 2. The van der Waals surface area contributed by atoms with Crippen molar-refractivity contribution >= 4 is 28.5 Å². The predicted molar refractivity (Wildman–Crippen MR) is 124 cm³/mol. The van der Waals surface area contributed by atoms with Gasteiger partial charge in [-0.1, -0.05) is 44.1 Å². The Hall–Kier alpha value is -3.22. The molecule has 0 fully saturated rings. The zero-order chi connectivity index (χ0) is 23.0. The molecule has 3 aromatic rings. The molecule has 7 nitrogen and oxygen atoms in total. The van der Waals surface area contributed by atoms with E-state index in [0.29, 0.717) is 23.1 Å². The van der Waals surface area contributed by atoms with Gasteiger partial charge in [0, 0.05) is 24.2 Å². The first kappa shape index (κ1) is 22.0. The second-order valence-electron chi connectivity index (χ2n) is 9.77. The molecule has 2 heterocycles. The van der Waals surface area contributed by atoms with Gasteiger partial charge in [0.05, 0.1) is 17.6 Å². The molecule has 2 amide bonds. The van der Waals surface area contributed by atoms with Crippen LogP contribution in [0.1, 0.15) is 54.6 Å². The van der Waals surface area contributed by atoms with Gasteiger partial charge in [0.15, 0.2) is 5.82 Å². The molecule has 1 N–H and O–H groups in total. The van der Waals surface area contributed by atoms with Crippen LogP contribution in [0.4, 0.5) is 5.82 Å². The molecule has 1 aromatic carbocycles. The van der Waals surface area contributed by atoms with Crippen molar-refractivity contribution in [3.05, 3.63) is 52.9 Å². The lowest BCUT2D eigenvalue weighted by Gasteiger charge is -2.35. The molecule has 0 spiro atoms. The monoisotopic (exact) mass is 434 g/mol. The SMILES string of the molecule is Cc1cc(NC(=O)CN(C)C(=O)c2c3c(nc4ccccc24)CCC(C(C)(C)C)C3)no1. The number of para-hydroxylation sites is 1.